The molecule has 1 saturated carbocycles. The highest BCUT2D eigenvalue weighted by molar-refractivity contribution is 5.98. The summed E-state index contributed by atoms with van der Waals surface area (Å²) in [4.78, 5) is 42.6. The van der Waals surface area contributed by atoms with Gasteiger partial charge in [0, 0.05) is 25.3 Å². The van der Waals surface area contributed by atoms with Crippen molar-refractivity contribution in [3.05, 3.63) is 18.0 Å². The molecule has 4 atom stereocenters. The summed E-state index contributed by atoms with van der Waals surface area (Å²) in [6.45, 7) is 4.26. The molecule has 0 aromatic carbocycles. The zero-order chi connectivity index (χ0) is 32.3. The summed E-state index contributed by atoms with van der Waals surface area (Å²) in [5.41, 5.74) is -0.195. The maximum absolute atomic E-state index is 13.4. The van der Waals surface area contributed by atoms with Crippen LogP contribution in [0.3, 0.4) is 0 Å². The molecule has 11 nitrogen and oxygen atoms in total. The molecule has 248 valence electrons. The highest BCUT2D eigenvalue weighted by atomic mass is 19.4. The molecule has 1 saturated heterocycles. The van der Waals surface area contributed by atoms with Gasteiger partial charge >= 0.3 is 18.1 Å². The van der Waals surface area contributed by atoms with Crippen molar-refractivity contribution in [2.24, 2.45) is 5.92 Å². The highest BCUT2D eigenvalue weighted by Gasteiger charge is 2.38. The van der Waals surface area contributed by atoms with Crippen LogP contribution in [0, 0.1) is 5.92 Å². The number of methoxy groups -OCH3 is 1. The van der Waals surface area contributed by atoms with Gasteiger partial charge in [0.2, 0.25) is 6.79 Å². The van der Waals surface area contributed by atoms with Crippen LogP contribution >= 0.6 is 0 Å². The van der Waals surface area contributed by atoms with Gasteiger partial charge in [0.15, 0.2) is 17.2 Å². The maximum atomic E-state index is 13.4. The number of cyclic esters (lactones) is 1. The standard InChI is InChI=1S/C30H43F3N2O9/c1-18(2)28(37)42-17-41-26-22(39-4)13-15-34-24(26)27(36)35-21-11-7-12-23(44-20-9-5-6-10-20)25(19(3)43-29(21)38)40-16-8-14-30(31,32)33/h13,15,18-21,23,25H,5-12,14,16-17H2,1-4H3,(H,35,36). The van der Waals surface area contributed by atoms with Gasteiger partial charge in [-0.15, -0.1) is 0 Å². The van der Waals surface area contributed by atoms with Gasteiger partial charge < -0.3 is 33.7 Å². The number of amides is 1. The smallest absolute Gasteiger partial charge is 0.389 e. The number of ether oxygens (including phenoxy) is 6. The number of pyridine rings is 1. The van der Waals surface area contributed by atoms with E-state index >= 15 is 0 Å². The minimum atomic E-state index is -4.30. The topological polar surface area (TPSA) is 132 Å². The largest absolute Gasteiger partial charge is 0.493 e. The van der Waals surface area contributed by atoms with Crippen LogP contribution in [0.2, 0.25) is 0 Å². The van der Waals surface area contributed by atoms with Crippen molar-refractivity contribution in [1.29, 1.82) is 0 Å². The van der Waals surface area contributed by atoms with E-state index in [2.05, 4.69) is 10.3 Å². The van der Waals surface area contributed by atoms with E-state index in [1.165, 1.54) is 19.4 Å². The summed E-state index contributed by atoms with van der Waals surface area (Å²) in [6, 6.07) is 0.395. The van der Waals surface area contributed by atoms with E-state index in [1.807, 2.05) is 0 Å². The predicted octanol–water partition coefficient (Wildman–Crippen LogP) is 4.90. The van der Waals surface area contributed by atoms with Crippen molar-refractivity contribution in [2.75, 3.05) is 20.5 Å². The molecule has 1 N–H and O–H groups in total. The number of nitrogens with zero attached hydrogens (tertiary/aromatic N) is 1. The van der Waals surface area contributed by atoms with E-state index in [-0.39, 0.29) is 48.7 Å². The Bertz CT molecular complexity index is 1100. The Labute approximate surface area is 255 Å². The minimum absolute atomic E-state index is 0.00204. The van der Waals surface area contributed by atoms with E-state index in [9.17, 15) is 27.6 Å². The van der Waals surface area contributed by atoms with Crippen molar-refractivity contribution in [3.8, 4) is 11.5 Å². The second-order valence-electron chi connectivity index (χ2n) is 11.3. The number of alkyl halides is 3. The number of esters is 2. The van der Waals surface area contributed by atoms with Crippen molar-refractivity contribution in [1.82, 2.24) is 10.3 Å². The highest BCUT2D eigenvalue weighted by Crippen LogP contribution is 2.31. The number of hydrogen-bond donors (Lipinski definition) is 1. The Morgan fingerprint density at radius 2 is 1.86 bits per heavy atom. The van der Waals surface area contributed by atoms with Crippen molar-refractivity contribution >= 4 is 17.8 Å². The minimum Gasteiger partial charge on any atom is -0.493 e. The predicted molar refractivity (Wildman–Crippen MR) is 150 cm³/mol. The molecule has 2 aliphatic rings. The second-order valence-corrected chi connectivity index (χ2v) is 11.3. The van der Waals surface area contributed by atoms with Gasteiger partial charge in [0.1, 0.15) is 18.2 Å². The molecule has 1 amide bonds. The van der Waals surface area contributed by atoms with Crippen LogP contribution in [0.5, 0.6) is 11.5 Å². The summed E-state index contributed by atoms with van der Waals surface area (Å²) in [5, 5.41) is 2.66. The Balaban J connectivity index is 1.73. The number of nitrogens with one attached hydrogen (secondary N) is 1. The summed E-state index contributed by atoms with van der Waals surface area (Å²) >= 11 is 0. The van der Waals surface area contributed by atoms with E-state index < -0.39 is 61.6 Å². The fourth-order valence-corrected chi connectivity index (χ4v) is 5.16. The number of rotatable bonds is 13. The molecule has 4 unspecified atom stereocenters. The fourth-order valence-electron chi connectivity index (χ4n) is 5.16. The van der Waals surface area contributed by atoms with Crippen molar-refractivity contribution < 1.29 is 56.0 Å². The molecule has 1 aromatic rings. The van der Waals surface area contributed by atoms with E-state index in [0.29, 0.717) is 12.8 Å². The average Bonchev–Trinajstić information content (AvgIpc) is 3.49. The lowest BCUT2D eigenvalue weighted by Crippen LogP contribution is -2.46. The maximum Gasteiger partial charge on any atom is 0.389 e. The number of halogens is 3. The molecule has 0 radical (unpaired) electrons. The molecule has 1 aliphatic heterocycles. The summed E-state index contributed by atoms with van der Waals surface area (Å²) in [5.74, 6) is -2.28. The molecule has 1 aromatic heterocycles. The summed E-state index contributed by atoms with van der Waals surface area (Å²) in [6.07, 6.45) is -1.45. The van der Waals surface area contributed by atoms with Gasteiger partial charge in [-0.2, -0.15) is 13.2 Å². The normalized spacial score (nSPS) is 23.3. The van der Waals surface area contributed by atoms with Crippen LogP contribution in [0.4, 0.5) is 13.2 Å². The first-order valence-electron chi connectivity index (χ1n) is 15.1. The molecule has 3 rings (SSSR count). The van der Waals surface area contributed by atoms with Gasteiger partial charge in [-0.3, -0.25) is 9.59 Å². The first-order chi connectivity index (χ1) is 20.9. The Hall–Kier alpha value is -3.13. The Morgan fingerprint density at radius 1 is 1.14 bits per heavy atom. The van der Waals surface area contributed by atoms with E-state index in [0.717, 1.165) is 25.7 Å². The van der Waals surface area contributed by atoms with Gasteiger partial charge in [0.05, 0.1) is 25.2 Å². The molecule has 0 bridgehead atoms. The molecule has 14 heteroatoms. The van der Waals surface area contributed by atoms with Crippen LogP contribution in [-0.2, 0) is 28.5 Å². The summed E-state index contributed by atoms with van der Waals surface area (Å²) in [7, 11) is 1.37. The number of carbonyl (C=O) groups excluding carboxylic acids is 3. The molecule has 0 spiro atoms. The number of carbonyl (C=O) groups is 3. The second kappa shape index (κ2) is 16.8. The average molecular weight is 633 g/mol. The fraction of sp³-hybridized carbons (Fsp3) is 0.733. The van der Waals surface area contributed by atoms with Crippen LogP contribution in [0.15, 0.2) is 12.3 Å². The monoisotopic (exact) mass is 632 g/mol. The van der Waals surface area contributed by atoms with Gasteiger partial charge in [-0.1, -0.05) is 26.7 Å². The molecular weight excluding hydrogens is 589 g/mol. The number of hydrogen-bond acceptors (Lipinski definition) is 10. The number of aromatic nitrogens is 1. The van der Waals surface area contributed by atoms with E-state index in [1.54, 1.807) is 20.8 Å². The lowest BCUT2D eigenvalue weighted by Gasteiger charge is -2.33. The third-order valence-electron chi connectivity index (χ3n) is 7.47. The molecular formula is C30H43F3N2O9. The first kappa shape index (κ1) is 35.4. The molecule has 1 aliphatic carbocycles. The Morgan fingerprint density at radius 3 is 2.52 bits per heavy atom. The van der Waals surface area contributed by atoms with Crippen molar-refractivity contribution in [3.63, 3.8) is 0 Å². The lowest BCUT2D eigenvalue weighted by molar-refractivity contribution is -0.174. The lowest BCUT2D eigenvalue weighted by atomic mass is 10.0. The van der Waals surface area contributed by atoms with Crippen LogP contribution in [-0.4, -0.2) is 80.0 Å². The van der Waals surface area contributed by atoms with Crippen LogP contribution < -0.4 is 14.8 Å². The van der Waals surface area contributed by atoms with Gasteiger partial charge in [-0.25, -0.2) is 9.78 Å². The van der Waals surface area contributed by atoms with Gasteiger partial charge in [0.25, 0.3) is 5.91 Å². The van der Waals surface area contributed by atoms with Crippen LogP contribution in [0.1, 0.15) is 89.0 Å². The summed E-state index contributed by atoms with van der Waals surface area (Å²) < 4.78 is 71.9. The third kappa shape index (κ3) is 10.8. The molecule has 2 heterocycles. The zero-order valence-corrected chi connectivity index (χ0v) is 25.7. The van der Waals surface area contributed by atoms with Crippen molar-refractivity contribution in [2.45, 2.75) is 115 Å². The molecule has 2 fully saturated rings. The van der Waals surface area contributed by atoms with Crippen LogP contribution in [0.25, 0.3) is 0 Å². The SMILES string of the molecule is COc1ccnc(C(=O)NC2CCCC(OC3CCCC3)C(OCCCC(F)(F)F)C(C)OC2=O)c1OCOC(=O)C(C)C. The third-order valence-corrected chi connectivity index (χ3v) is 7.47. The zero-order valence-electron chi connectivity index (χ0n) is 25.7. The Kier molecular flexibility index (Phi) is 13.5. The molecule has 44 heavy (non-hydrogen) atoms. The first-order valence-corrected chi connectivity index (χ1v) is 15.1. The van der Waals surface area contributed by atoms with E-state index in [4.69, 9.17) is 28.4 Å². The van der Waals surface area contributed by atoms with Gasteiger partial charge in [-0.05, 0) is 45.4 Å². The quantitative estimate of drug-likeness (QED) is 0.182.